The third-order valence-electron chi connectivity index (χ3n) is 4.98. The van der Waals surface area contributed by atoms with Gasteiger partial charge >= 0.3 is 11.9 Å². The van der Waals surface area contributed by atoms with Gasteiger partial charge in [0.15, 0.2) is 0 Å². The highest BCUT2D eigenvalue weighted by atomic mass is 16.4. The number of hydrogen-bond acceptors (Lipinski definition) is 7. The molecule has 0 aliphatic carbocycles. The van der Waals surface area contributed by atoms with Crippen LogP contribution in [0.25, 0.3) is 0 Å². The molecule has 0 rings (SSSR count). The fourth-order valence-corrected chi connectivity index (χ4v) is 2.75. The molecule has 12 nitrogen and oxygen atoms in total. The molecule has 12 heteroatoms. The second-order valence-electron chi connectivity index (χ2n) is 8.18. The highest BCUT2D eigenvalue weighted by Gasteiger charge is 2.31. The van der Waals surface area contributed by atoms with E-state index < -0.39 is 66.9 Å². The van der Waals surface area contributed by atoms with Crippen LogP contribution in [-0.4, -0.2) is 75.8 Å². The lowest BCUT2D eigenvalue weighted by atomic mass is 9.98. The first-order valence-electron chi connectivity index (χ1n) is 10.6. The third-order valence-corrected chi connectivity index (χ3v) is 4.98. The number of hydrogen-bond donors (Lipinski definition) is 7. The SMILES string of the molecule is CCC(C)C(N)C(=O)NC(CCC(=O)O)C(=O)NC(CC(C)C)C(=O)NC(CO)C(=O)O. The normalized spacial score (nSPS) is 15.7. The topological polar surface area (TPSA) is 208 Å². The number of carbonyl (C=O) groups excluding carboxylic acids is 3. The summed E-state index contributed by atoms with van der Waals surface area (Å²) in [5.41, 5.74) is 5.89. The van der Waals surface area contributed by atoms with E-state index in [-0.39, 0.29) is 24.7 Å². The molecule has 3 amide bonds. The van der Waals surface area contributed by atoms with Gasteiger partial charge in [-0.25, -0.2) is 4.79 Å². The summed E-state index contributed by atoms with van der Waals surface area (Å²) in [4.78, 5) is 59.9. The zero-order chi connectivity index (χ0) is 25.0. The molecule has 0 heterocycles. The van der Waals surface area contributed by atoms with Crippen molar-refractivity contribution in [2.75, 3.05) is 6.61 Å². The van der Waals surface area contributed by atoms with Gasteiger partial charge in [0.2, 0.25) is 17.7 Å². The number of aliphatic hydroxyl groups is 1. The molecule has 0 fully saturated rings. The predicted octanol–water partition coefficient (Wildman–Crippen LogP) is -1.20. The van der Waals surface area contributed by atoms with E-state index in [2.05, 4.69) is 16.0 Å². The molecule has 0 aliphatic heterocycles. The summed E-state index contributed by atoms with van der Waals surface area (Å²) in [6.07, 6.45) is 0.113. The smallest absolute Gasteiger partial charge is 0.328 e. The van der Waals surface area contributed by atoms with Gasteiger partial charge in [0.25, 0.3) is 0 Å². The van der Waals surface area contributed by atoms with Gasteiger partial charge in [0, 0.05) is 6.42 Å². The molecule has 0 radical (unpaired) electrons. The number of carboxylic acids is 2. The molecule has 0 aliphatic rings. The number of aliphatic hydroxyl groups excluding tert-OH is 1. The molecule has 8 N–H and O–H groups in total. The van der Waals surface area contributed by atoms with Crippen molar-refractivity contribution in [3.05, 3.63) is 0 Å². The summed E-state index contributed by atoms with van der Waals surface area (Å²) in [6, 6.07) is -4.88. The molecule has 5 atom stereocenters. The van der Waals surface area contributed by atoms with Crippen molar-refractivity contribution in [2.24, 2.45) is 17.6 Å². The van der Waals surface area contributed by atoms with Crippen LogP contribution < -0.4 is 21.7 Å². The number of rotatable bonds is 15. The maximum Gasteiger partial charge on any atom is 0.328 e. The standard InChI is InChI=1S/C20H36N4O8/c1-5-11(4)16(21)19(30)22-12(6-7-15(26)27)17(28)23-13(8-10(2)3)18(29)24-14(9-25)20(31)32/h10-14,16,25H,5-9,21H2,1-4H3,(H,22,30)(H,23,28)(H,24,29)(H,26,27)(H,31,32). The molecular weight excluding hydrogens is 424 g/mol. The minimum Gasteiger partial charge on any atom is -0.481 e. The molecule has 5 unspecified atom stereocenters. The lowest BCUT2D eigenvalue weighted by molar-refractivity contribution is -0.143. The Morgan fingerprint density at radius 1 is 0.844 bits per heavy atom. The van der Waals surface area contributed by atoms with Gasteiger partial charge in [-0.3, -0.25) is 19.2 Å². The third kappa shape index (κ3) is 10.5. The van der Waals surface area contributed by atoms with E-state index in [1.54, 1.807) is 20.8 Å². The van der Waals surface area contributed by atoms with Gasteiger partial charge in [0.05, 0.1) is 12.6 Å². The fourth-order valence-electron chi connectivity index (χ4n) is 2.75. The molecule has 0 aromatic carbocycles. The van der Waals surface area contributed by atoms with E-state index in [9.17, 15) is 24.0 Å². The van der Waals surface area contributed by atoms with Crippen LogP contribution in [0.1, 0.15) is 53.4 Å². The van der Waals surface area contributed by atoms with E-state index in [0.717, 1.165) is 0 Å². The van der Waals surface area contributed by atoms with Gasteiger partial charge in [-0.2, -0.15) is 0 Å². The maximum atomic E-state index is 12.8. The lowest BCUT2D eigenvalue weighted by Crippen LogP contribution is -2.58. The Labute approximate surface area is 187 Å². The van der Waals surface area contributed by atoms with E-state index in [1.165, 1.54) is 0 Å². The number of carbonyl (C=O) groups is 5. The molecule has 0 bridgehead atoms. The molecule has 184 valence electrons. The minimum absolute atomic E-state index is 0.0747. The second kappa shape index (κ2) is 14.4. The number of nitrogens with two attached hydrogens (primary N) is 1. The van der Waals surface area contributed by atoms with Crippen LogP contribution in [-0.2, 0) is 24.0 Å². The second-order valence-corrected chi connectivity index (χ2v) is 8.18. The van der Waals surface area contributed by atoms with E-state index in [4.69, 9.17) is 21.1 Å². The fraction of sp³-hybridized carbons (Fsp3) is 0.750. The van der Waals surface area contributed by atoms with E-state index in [1.807, 2.05) is 6.92 Å². The Kier molecular flexibility index (Phi) is 13.1. The monoisotopic (exact) mass is 460 g/mol. The molecule has 0 aromatic rings. The highest BCUT2D eigenvalue weighted by molar-refractivity contribution is 5.94. The number of nitrogens with one attached hydrogen (secondary N) is 3. The Morgan fingerprint density at radius 2 is 1.34 bits per heavy atom. The molecule has 0 saturated heterocycles. The van der Waals surface area contributed by atoms with Gasteiger partial charge in [-0.15, -0.1) is 0 Å². The number of aliphatic carboxylic acids is 2. The zero-order valence-corrected chi connectivity index (χ0v) is 19.0. The van der Waals surface area contributed by atoms with Crippen LogP contribution in [0, 0.1) is 11.8 Å². The van der Waals surface area contributed by atoms with Crippen LogP contribution in [0.5, 0.6) is 0 Å². The molecule has 32 heavy (non-hydrogen) atoms. The Bertz CT molecular complexity index is 670. The lowest BCUT2D eigenvalue weighted by Gasteiger charge is -2.26. The van der Waals surface area contributed by atoms with Crippen molar-refractivity contribution in [1.29, 1.82) is 0 Å². The molecule has 0 saturated carbocycles. The first kappa shape index (κ1) is 29.3. The average Bonchev–Trinajstić information content (AvgIpc) is 2.71. The highest BCUT2D eigenvalue weighted by Crippen LogP contribution is 2.09. The van der Waals surface area contributed by atoms with Crippen LogP contribution in [0.3, 0.4) is 0 Å². The number of carboxylic acid groups (broad SMARTS) is 2. The summed E-state index contributed by atoms with van der Waals surface area (Å²) in [6.45, 7) is 6.33. The van der Waals surface area contributed by atoms with Crippen LogP contribution >= 0.6 is 0 Å². The summed E-state index contributed by atoms with van der Waals surface area (Å²) in [7, 11) is 0. The zero-order valence-electron chi connectivity index (χ0n) is 19.0. The van der Waals surface area contributed by atoms with Gasteiger partial charge < -0.3 is 37.0 Å². The Morgan fingerprint density at radius 3 is 1.78 bits per heavy atom. The predicted molar refractivity (Wildman–Crippen MR) is 114 cm³/mol. The van der Waals surface area contributed by atoms with Gasteiger partial charge in [-0.1, -0.05) is 34.1 Å². The summed E-state index contributed by atoms with van der Waals surface area (Å²) >= 11 is 0. The molecular formula is C20H36N4O8. The van der Waals surface area contributed by atoms with Gasteiger partial charge in [-0.05, 0) is 24.7 Å². The van der Waals surface area contributed by atoms with E-state index >= 15 is 0 Å². The van der Waals surface area contributed by atoms with Crippen molar-refractivity contribution in [2.45, 2.75) is 77.5 Å². The Balaban J connectivity index is 5.52. The summed E-state index contributed by atoms with van der Waals surface area (Å²) in [5.74, 6) is -5.12. The van der Waals surface area contributed by atoms with Crippen molar-refractivity contribution < 1.29 is 39.3 Å². The van der Waals surface area contributed by atoms with E-state index in [0.29, 0.717) is 6.42 Å². The van der Waals surface area contributed by atoms with Crippen molar-refractivity contribution in [3.63, 3.8) is 0 Å². The molecule has 0 spiro atoms. The largest absolute Gasteiger partial charge is 0.481 e. The summed E-state index contributed by atoms with van der Waals surface area (Å²) < 4.78 is 0. The van der Waals surface area contributed by atoms with Crippen LogP contribution in [0.15, 0.2) is 0 Å². The first-order valence-corrected chi connectivity index (χ1v) is 10.6. The Hall–Kier alpha value is -2.73. The molecule has 0 aromatic heterocycles. The first-order chi connectivity index (χ1) is 14.8. The van der Waals surface area contributed by atoms with Gasteiger partial charge in [0.1, 0.15) is 18.1 Å². The van der Waals surface area contributed by atoms with Crippen LogP contribution in [0.4, 0.5) is 0 Å². The summed E-state index contributed by atoms with van der Waals surface area (Å²) in [5, 5.41) is 34.2. The van der Waals surface area contributed by atoms with Crippen molar-refractivity contribution in [1.82, 2.24) is 16.0 Å². The van der Waals surface area contributed by atoms with Crippen LogP contribution in [0.2, 0.25) is 0 Å². The average molecular weight is 461 g/mol. The number of amides is 3. The maximum absolute atomic E-state index is 12.8. The van der Waals surface area contributed by atoms with Crippen molar-refractivity contribution >= 4 is 29.7 Å². The minimum atomic E-state index is -1.55. The van der Waals surface area contributed by atoms with Crippen molar-refractivity contribution in [3.8, 4) is 0 Å². The quantitative estimate of drug-likeness (QED) is 0.156.